The number of carbonyl (C=O) groups is 2. The third kappa shape index (κ3) is 3.38. The summed E-state index contributed by atoms with van der Waals surface area (Å²) >= 11 is 0. The molecule has 27 heavy (non-hydrogen) atoms. The summed E-state index contributed by atoms with van der Waals surface area (Å²) < 4.78 is 5.69. The molecule has 1 atom stereocenters. The summed E-state index contributed by atoms with van der Waals surface area (Å²) in [5, 5.41) is 11.1. The largest absolute Gasteiger partial charge is 0.489 e. The predicted molar refractivity (Wildman–Crippen MR) is 104 cm³/mol. The van der Waals surface area contributed by atoms with Crippen LogP contribution in [0.2, 0.25) is 0 Å². The van der Waals surface area contributed by atoms with Gasteiger partial charge in [-0.3, -0.25) is 9.59 Å². The first kappa shape index (κ1) is 18.9. The third-order valence-corrected chi connectivity index (χ3v) is 4.71. The minimum atomic E-state index is -1.83. The maximum Gasteiger partial charge on any atom is 0.264 e. The first-order chi connectivity index (χ1) is 12.9. The number of para-hydroxylation sites is 2. The molecule has 1 aliphatic rings. The van der Waals surface area contributed by atoms with Crippen molar-refractivity contribution in [2.45, 2.75) is 32.4 Å². The number of rotatable bonds is 7. The van der Waals surface area contributed by atoms with Crippen LogP contribution in [0, 0.1) is 6.92 Å². The van der Waals surface area contributed by atoms with Crippen LogP contribution in [0.25, 0.3) is 0 Å². The summed E-state index contributed by atoms with van der Waals surface area (Å²) in [5.41, 5.74) is 0.986. The summed E-state index contributed by atoms with van der Waals surface area (Å²) in [5.74, 6) is -0.0715. The monoisotopic (exact) mass is 365 g/mol. The molecule has 2 aromatic rings. The van der Waals surface area contributed by atoms with Crippen molar-refractivity contribution in [1.29, 1.82) is 0 Å². The van der Waals surface area contributed by atoms with Gasteiger partial charge in [-0.25, -0.2) is 0 Å². The normalized spacial score (nSPS) is 18.3. The average molecular weight is 365 g/mol. The number of Topliss-reactive ketones (excluding diaryl/α,β-unsaturated/α-hetero) is 1. The van der Waals surface area contributed by atoms with Crippen molar-refractivity contribution in [1.82, 2.24) is 0 Å². The first-order valence-electron chi connectivity index (χ1n) is 8.84. The Kier molecular flexibility index (Phi) is 5.15. The summed E-state index contributed by atoms with van der Waals surface area (Å²) in [4.78, 5) is 26.4. The second-order valence-electron chi connectivity index (χ2n) is 6.81. The van der Waals surface area contributed by atoms with Crippen LogP contribution < -0.4 is 9.64 Å². The number of amides is 1. The van der Waals surface area contributed by atoms with Crippen molar-refractivity contribution in [2.75, 3.05) is 11.5 Å². The fraction of sp³-hybridized carbons (Fsp3) is 0.273. The van der Waals surface area contributed by atoms with Crippen molar-refractivity contribution in [3.63, 3.8) is 0 Å². The second-order valence-corrected chi connectivity index (χ2v) is 6.81. The van der Waals surface area contributed by atoms with E-state index in [1.807, 2.05) is 37.3 Å². The number of aliphatic hydroxyl groups is 1. The second kappa shape index (κ2) is 7.37. The lowest BCUT2D eigenvalue weighted by Gasteiger charge is -2.23. The lowest BCUT2D eigenvalue weighted by Crippen LogP contribution is -2.41. The molecule has 0 bridgehead atoms. The highest BCUT2D eigenvalue weighted by Crippen LogP contribution is 2.45. The summed E-state index contributed by atoms with van der Waals surface area (Å²) in [6.45, 7) is 7.51. The smallest absolute Gasteiger partial charge is 0.264 e. The lowest BCUT2D eigenvalue weighted by atomic mass is 9.89. The molecule has 0 saturated carbocycles. The summed E-state index contributed by atoms with van der Waals surface area (Å²) in [6.07, 6.45) is 1.41. The molecule has 0 saturated heterocycles. The molecule has 1 N–H and O–H groups in total. The van der Waals surface area contributed by atoms with Gasteiger partial charge in [-0.1, -0.05) is 49.1 Å². The Hall–Kier alpha value is -2.92. The van der Waals surface area contributed by atoms with Gasteiger partial charge in [-0.05, 0) is 25.5 Å². The van der Waals surface area contributed by atoms with E-state index in [1.165, 1.54) is 6.92 Å². The van der Waals surface area contributed by atoms with Crippen LogP contribution in [-0.4, -0.2) is 23.4 Å². The molecule has 1 amide bonds. The standard InChI is InChI=1S/C22H23NO4/c1-4-12-27-19-11-6-5-9-17(19)14-23-20-15(2)8-7-10-18(20)22(26,21(23)25)13-16(3)24/h4-11,26H,1,12-14H2,2-3H3. The molecule has 0 spiro atoms. The highest BCUT2D eigenvalue weighted by atomic mass is 16.5. The molecule has 0 aliphatic carbocycles. The zero-order chi connectivity index (χ0) is 19.6. The Labute approximate surface area is 158 Å². The van der Waals surface area contributed by atoms with E-state index in [9.17, 15) is 14.7 Å². The van der Waals surface area contributed by atoms with Crippen LogP contribution in [0.3, 0.4) is 0 Å². The summed E-state index contributed by atoms with van der Waals surface area (Å²) in [7, 11) is 0. The Morgan fingerprint density at radius 2 is 2.00 bits per heavy atom. The molecule has 0 aromatic heterocycles. The predicted octanol–water partition coefficient (Wildman–Crippen LogP) is 3.27. The van der Waals surface area contributed by atoms with Gasteiger partial charge in [0.15, 0.2) is 5.60 Å². The number of aryl methyl sites for hydroxylation is 1. The maximum absolute atomic E-state index is 13.2. The Morgan fingerprint density at radius 3 is 2.70 bits per heavy atom. The molecule has 5 nitrogen and oxygen atoms in total. The van der Waals surface area contributed by atoms with Gasteiger partial charge in [0.05, 0.1) is 12.2 Å². The molecule has 140 valence electrons. The van der Waals surface area contributed by atoms with E-state index in [4.69, 9.17) is 4.74 Å². The molecule has 2 aromatic carbocycles. The van der Waals surface area contributed by atoms with Gasteiger partial charge in [-0.15, -0.1) is 0 Å². The number of benzene rings is 2. The number of nitrogens with zero attached hydrogens (tertiary/aromatic N) is 1. The number of fused-ring (bicyclic) bond motifs is 1. The average Bonchev–Trinajstić information content (AvgIpc) is 2.83. The van der Waals surface area contributed by atoms with Gasteiger partial charge in [-0.2, -0.15) is 0 Å². The zero-order valence-electron chi connectivity index (χ0n) is 15.6. The van der Waals surface area contributed by atoms with Gasteiger partial charge in [0.25, 0.3) is 5.91 Å². The molecule has 1 heterocycles. The number of hydrogen-bond acceptors (Lipinski definition) is 4. The van der Waals surface area contributed by atoms with Crippen molar-refractivity contribution in [2.24, 2.45) is 0 Å². The van der Waals surface area contributed by atoms with E-state index in [-0.39, 0.29) is 18.7 Å². The minimum Gasteiger partial charge on any atom is -0.489 e. The van der Waals surface area contributed by atoms with Gasteiger partial charge in [0.1, 0.15) is 18.1 Å². The number of anilines is 1. The Bertz CT molecular complexity index is 905. The molecule has 0 fully saturated rings. The third-order valence-electron chi connectivity index (χ3n) is 4.71. The van der Waals surface area contributed by atoms with Gasteiger partial charge in [0, 0.05) is 17.5 Å². The topological polar surface area (TPSA) is 66.8 Å². The Balaban J connectivity index is 2.04. The van der Waals surface area contributed by atoms with Gasteiger partial charge >= 0.3 is 0 Å². The highest BCUT2D eigenvalue weighted by molar-refractivity contribution is 6.09. The van der Waals surface area contributed by atoms with Crippen LogP contribution in [-0.2, 0) is 21.7 Å². The fourth-order valence-corrected chi connectivity index (χ4v) is 3.57. The molecule has 0 radical (unpaired) electrons. The quantitative estimate of drug-likeness (QED) is 0.765. The van der Waals surface area contributed by atoms with Crippen LogP contribution in [0.4, 0.5) is 5.69 Å². The number of hydrogen-bond donors (Lipinski definition) is 1. The molecular formula is C22H23NO4. The summed E-state index contributed by atoms with van der Waals surface area (Å²) in [6, 6.07) is 12.8. The minimum absolute atomic E-state index is 0.240. The molecule has 3 rings (SSSR count). The number of ketones is 1. The van der Waals surface area contributed by atoms with E-state index < -0.39 is 11.5 Å². The van der Waals surface area contributed by atoms with Gasteiger partial charge < -0.3 is 14.7 Å². The molecule has 1 unspecified atom stereocenters. The lowest BCUT2D eigenvalue weighted by molar-refractivity contribution is -0.141. The first-order valence-corrected chi connectivity index (χ1v) is 8.84. The van der Waals surface area contributed by atoms with Crippen LogP contribution in [0.1, 0.15) is 30.0 Å². The van der Waals surface area contributed by atoms with Crippen molar-refractivity contribution >= 4 is 17.4 Å². The molecular weight excluding hydrogens is 342 g/mol. The van der Waals surface area contributed by atoms with E-state index in [0.717, 1.165) is 11.1 Å². The van der Waals surface area contributed by atoms with Crippen molar-refractivity contribution in [3.8, 4) is 5.75 Å². The van der Waals surface area contributed by atoms with Crippen LogP contribution in [0.5, 0.6) is 5.75 Å². The van der Waals surface area contributed by atoms with E-state index in [1.54, 1.807) is 23.1 Å². The molecule has 1 aliphatic heterocycles. The maximum atomic E-state index is 13.2. The Morgan fingerprint density at radius 1 is 1.26 bits per heavy atom. The zero-order valence-corrected chi connectivity index (χ0v) is 15.6. The van der Waals surface area contributed by atoms with Crippen LogP contribution >= 0.6 is 0 Å². The fourth-order valence-electron chi connectivity index (χ4n) is 3.57. The van der Waals surface area contributed by atoms with Crippen molar-refractivity contribution < 1.29 is 19.4 Å². The van der Waals surface area contributed by atoms with E-state index in [2.05, 4.69) is 6.58 Å². The van der Waals surface area contributed by atoms with E-state index in [0.29, 0.717) is 23.6 Å². The van der Waals surface area contributed by atoms with E-state index >= 15 is 0 Å². The highest BCUT2D eigenvalue weighted by Gasteiger charge is 2.50. The van der Waals surface area contributed by atoms with Gasteiger partial charge in [0.2, 0.25) is 0 Å². The molecule has 5 heteroatoms. The SMILES string of the molecule is C=CCOc1ccccc1CN1C(=O)C(O)(CC(C)=O)c2cccc(C)c21. The number of ether oxygens (including phenoxy) is 1. The van der Waals surface area contributed by atoms with Crippen molar-refractivity contribution in [3.05, 3.63) is 71.8 Å². The number of carbonyl (C=O) groups excluding carboxylic acids is 2. The van der Waals surface area contributed by atoms with Crippen LogP contribution in [0.15, 0.2) is 55.1 Å².